The summed E-state index contributed by atoms with van der Waals surface area (Å²) in [7, 11) is 1.81. The fourth-order valence-electron chi connectivity index (χ4n) is 1.74. The maximum Gasteiger partial charge on any atom is 0.147 e. The highest BCUT2D eigenvalue weighted by molar-refractivity contribution is 5.65. The minimum atomic E-state index is 0.153. The molecule has 0 aliphatic heterocycles. The number of aryl methyl sites for hydroxylation is 1. The molecule has 0 unspecified atom stereocenters. The first kappa shape index (κ1) is 12.2. The summed E-state index contributed by atoms with van der Waals surface area (Å²) in [4.78, 5) is 4.25. The Kier molecular flexibility index (Phi) is 3.33. The van der Waals surface area contributed by atoms with Crippen molar-refractivity contribution in [2.75, 3.05) is 0 Å². The third-order valence-electron chi connectivity index (χ3n) is 2.54. The van der Waals surface area contributed by atoms with Crippen LogP contribution in [0.15, 0.2) is 30.6 Å². The number of benzene rings is 1. The molecule has 92 valence electrons. The molecule has 4 heteroatoms. The Hall–Kier alpha value is -2.28. The van der Waals surface area contributed by atoms with Crippen molar-refractivity contribution in [2.45, 2.75) is 20.0 Å². The van der Waals surface area contributed by atoms with Gasteiger partial charge in [-0.15, -0.1) is 0 Å². The first-order valence-corrected chi connectivity index (χ1v) is 5.80. The van der Waals surface area contributed by atoms with Gasteiger partial charge in [-0.2, -0.15) is 5.26 Å². The van der Waals surface area contributed by atoms with E-state index in [0.29, 0.717) is 11.4 Å². The van der Waals surface area contributed by atoms with Crippen LogP contribution in [0.1, 0.15) is 19.5 Å². The molecule has 0 saturated heterocycles. The van der Waals surface area contributed by atoms with Crippen LogP contribution in [-0.2, 0) is 7.05 Å². The average Bonchev–Trinajstić information content (AvgIpc) is 2.70. The van der Waals surface area contributed by atoms with Crippen molar-refractivity contribution in [3.63, 3.8) is 0 Å². The number of nitrogens with zero attached hydrogens (tertiary/aromatic N) is 3. The Morgan fingerprint density at radius 2 is 1.94 bits per heavy atom. The zero-order valence-electron chi connectivity index (χ0n) is 10.7. The number of aromatic nitrogens is 2. The number of imidazole rings is 1. The third kappa shape index (κ3) is 2.35. The lowest BCUT2D eigenvalue weighted by molar-refractivity contribution is 0.242. The van der Waals surface area contributed by atoms with Crippen molar-refractivity contribution >= 4 is 0 Å². The second kappa shape index (κ2) is 4.92. The summed E-state index contributed by atoms with van der Waals surface area (Å²) >= 11 is 0. The first-order chi connectivity index (χ1) is 8.61. The van der Waals surface area contributed by atoms with E-state index in [0.717, 1.165) is 11.3 Å². The van der Waals surface area contributed by atoms with Gasteiger partial charge in [0.1, 0.15) is 23.2 Å². The van der Waals surface area contributed by atoms with Crippen molar-refractivity contribution < 1.29 is 4.74 Å². The van der Waals surface area contributed by atoms with E-state index in [4.69, 9.17) is 10.00 Å². The van der Waals surface area contributed by atoms with E-state index >= 15 is 0 Å². The summed E-state index contributed by atoms with van der Waals surface area (Å²) in [5.74, 6) is 0.822. The molecule has 0 aliphatic carbocycles. The van der Waals surface area contributed by atoms with Crippen LogP contribution in [0.4, 0.5) is 0 Å². The van der Waals surface area contributed by atoms with Crippen LogP contribution in [0.5, 0.6) is 5.75 Å². The van der Waals surface area contributed by atoms with Gasteiger partial charge in [-0.25, -0.2) is 4.98 Å². The number of nitriles is 1. The Morgan fingerprint density at radius 3 is 2.50 bits per heavy atom. The Morgan fingerprint density at radius 1 is 1.28 bits per heavy atom. The SMILES string of the molecule is CC(C)Oc1ccc(-c2ncn(C)c2C#N)cc1. The lowest BCUT2D eigenvalue weighted by atomic mass is 10.1. The molecule has 2 rings (SSSR count). The van der Waals surface area contributed by atoms with Gasteiger partial charge >= 0.3 is 0 Å². The highest BCUT2D eigenvalue weighted by Gasteiger charge is 2.10. The molecule has 0 saturated carbocycles. The van der Waals surface area contributed by atoms with E-state index in [1.807, 2.05) is 45.2 Å². The van der Waals surface area contributed by atoms with Crippen LogP contribution in [-0.4, -0.2) is 15.7 Å². The van der Waals surface area contributed by atoms with Crippen molar-refractivity contribution in [3.8, 4) is 23.1 Å². The molecule has 0 spiro atoms. The maximum atomic E-state index is 9.09. The zero-order chi connectivity index (χ0) is 13.1. The van der Waals surface area contributed by atoms with Gasteiger partial charge in [-0.1, -0.05) is 0 Å². The van der Waals surface area contributed by atoms with Gasteiger partial charge < -0.3 is 9.30 Å². The summed E-state index contributed by atoms with van der Waals surface area (Å²) in [6.07, 6.45) is 1.80. The lowest BCUT2D eigenvalue weighted by Crippen LogP contribution is -2.05. The third-order valence-corrected chi connectivity index (χ3v) is 2.54. The minimum Gasteiger partial charge on any atom is -0.491 e. The van der Waals surface area contributed by atoms with E-state index in [2.05, 4.69) is 11.1 Å². The van der Waals surface area contributed by atoms with E-state index in [-0.39, 0.29) is 6.10 Å². The highest BCUT2D eigenvalue weighted by atomic mass is 16.5. The number of rotatable bonds is 3. The normalized spacial score (nSPS) is 10.4. The molecular formula is C14H15N3O. The number of hydrogen-bond donors (Lipinski definition) is 0. The van der Waals surface area contributed by atoms with Gasteiger partial charge in [-0.3, -0.25) is 0 Å². The smallest absolute Gasteiger partial charge is 0.147 e. The van der Waals surface area contributed by atoms with Crippen molar-refractivity contribution in [1.82, 2.24) is 9.55 Å². The fraction of sp³-hybridized carbons (Fsp3) is 0.286. The van der Waals surface area contributed by atoms with Crippen LogP contribution in [0.2, 0.25) is 0 Å². The summed E-state index contributed by atoms with van der Waals surface area (Å²) in [6, 6.07) is 9.78. The monoisotopic (exact) mass is 241 g/mol. The average molecular weight is 241 g/mol. The summed E-state index contributed by atoms with van der Waals surface area (Å²) in [5.41, 5.74) is 2.19. The molecule has 0 bridgehead atoms. The molecular weight excluding hydrogens is 226 g/mol. The molecule has 0 atom stereocenters. The van der Waals surface area contributed by atoms with Gasteiger partial charge in [0.25, 0.3) is 0 Å². The highest BCUT2D eigenvalue weighted by Crippen LogP contribution is 2.24. The van der Waals surface area contributed by atoms with E-state index in [9.17, 15) is 0 Å². The summed E-state index contributed by atoms with van der Waals surface area (Å²) in [5, 5.41) is 9.09. The van der Waals surface area contributed by atoms with Crippen molar-refractivity contribution in [2.24, 2.45) is 7.05 Å². The standard InChI is InChI=1S/C14H15N3O/c1-10(2)18-12-6-4-11(5-7-12)14-13(8-15)17(3)9-16-14/h4-7,9-10H,1-3H3. The van der Waals surface area contributed by atoms with Crippen molar-refractivity contribution in [3.05, 3.63) is 36.3 Å². The minimum absolute atomic E-state index is 0.153. The number of hydrogen-bond acceptors (Lipinski definition) is 3. The molecule has 0 aliphatic rings. The fourth-order valence-corrected chi connectivity index (χ4v) is 1.74. The molecule has 0 amide bonds. The molecule has 1 aromatic carbocycles. The van der Waals surface area contributed by atoms with Gasteiger partial charge in [0.15, 0.2) is 0 Å². The van der Waals surface area contributed by atoms with Crippen molar-refractivity contribution in [1.29, 1.82) is 5.26 Å². The first-order valence-electron chi connectivity index (χ1n) is 5.80. The van der Waals surface area contributed by atoms with E-state index < -0.39 is 0 Å². The molecule has 4 nitrogen and oxygen atoms in total. The quantitative estimate of drug-likeness (QED) is 0.830. The maximum absolute atomic E-state index is 9.09. The van der Waals surface area contributed by atoms with Gasteiger partial charge in [-0.05, 0) is 38.1 Å². The Labute approximate surface area is 106 Å². The second-order valence-corrected chi connectivity index (χ2v) is 4.36. The predicted octanol–water partition coefficient (Wildman–Crippen LogP) is 2.75. The van der Waals surface area contributed by atoms with Crippen LogP contribution in [0, 0.1) is 11.3 Å². The summed E-state index contributed by atoms with van der Waals surface area (Å²) < 4.78 is 7.29. The Balaban J connectivity index is 2.32. The van der Waals surface area contributed by atoms with Crippen LogP contribution >= 0.6 is 0 Å². The van der Waals surface area contributed by atoms with Crippen LogP contribution in [0.3, 0.4) is 0 Å². The molecule has 0 N–H and O–H groups in total. The van der Waals surface area contributed by atoms with E-state index in [1.165, 1.54) is 0 Å². The van der Waals surface area contributed by atoms with E-state index in [1.54, 1.807) is 10.9 Å². The van der Waals surface area contributed by atoms with Gasteiger partial charge in [0.05, 0.1) is 12.4 Å². The largest absolute Gasteiger partial charge is 0.491 e. The molecule has 0 fully saturated rings. The molecule has 0 radical (unpaired) electrons. The molecule has 18 heavy (non-hydrogen) atoms. The summed E-state index contributed by atoms with van der Waals surface area (Å²) in [6.45, 7) is 3.97. The molecule has 1 aromatic heterocycles. The van der Waals surface area contributed by atoms with Crippen LogP contribution in [0.25, 0.3) is 11.3 Å². The van der Waals surface area contributed by atoms with Gasteiger partial charge in [0.2, 0.25) is 0 Å². The van der Waals surface area contributed by atoms with Gasteiger partial charge in [0, 0.05) is 12.6 Å². The zero-order valence-corrected chi connectivity index (χ0v) is 10.7. The predicted molar refractivity (Wildman–Crippen MR) is 69.1 cm³/mol. The molecule has 1 heterocycles. The lowest BCUT2D eigenvalue weighted by Gasteiger charge is -2.09. The number of ether oxygens (including phenoxy) is 1. The topological polar surface area (TPSA) is 50.8 Å². The van der Waals surface area contributed by atoms with Crippen LogP contribution < -0.4 is 4.74 Å². The Bertz CT molecular complexity index is 576. The molecule has 2 aromatic rings. The second-order valence-electron chi connectivity index (χ2n) is 4.36.